The Bertz CT molecular complexity index is 1090. The van der Waals surface area contributed by atoms with E-state index in [4.69, 9.17) is 11.6 Å². The summed E-state index contributed by atoms with van der Waals surface area (Å²) in [6, 6.07) is 4.30. The smallest absolute Gasteiger partial charge is 0.232 e. The average molecular weight is 496 g/mol. The number of nitrogens with zero attached hydrogens (tertiary/aromatic N) is 3. The molecule has 1 aromatic carbocycles. The lowest BCUT2D eigenvalue weighted by Crippen LogP contribution is -2.30. The van der Waals surface area contributed by atoms with E-state index >= 15 is 0 Å². The minimum Gasteiger partial charge on any atom is -0.387 e. The summed E-state index contributed by atoms with van der Waals surface area (Å²) in [6.45, 7) is 2.91. The number of hydrogen-bond acceptors (Lipinski definition) is 7. The van der Waals surface area contributed by atoms with Gasteiger partial charge in [-0.2, -0.15) is 0 Å². The average Bonchev–Trinajstić information content (AvgIpc) is 3.24. The molecule has 33 heavy (non-hydrogen) atoms. The Morgan fingerprint density at radius 1 is 1.24 bits per heavy atom. The first-order chi connectivity index (χ1) is 15.4. The van der Waals surface area contributed by atoms with Gasteiger partial charge in [-0.25, -0.2) is 13.4 Å². The van der Waals surface area contributed by atoms with Crippen molar-refractivity contribution in [3.63, 3.8) is 0 Å². The van der Waals surface area contributed by atoms with E-state index in [1.165, 1.54) is 62.2 Å². The van der Waals surface area contributed by atoms with Gasteiger partial charge >= 0.3 is 0 Å². The van der Waals surface area contributed by atoms with Gasteiger partial charge < -0.3 is 10.2 Å². The van der Waals surface area contributed by atoms with Crippen molar-refractivity contribution >= 4 is 38.9 Å². The fourth-order valence-electron chi connectivity index (χ4n) is 4.02. The third kappa shape index (κ3) is 6.29. The third-order valence-electron chi connectivity index (χ3n) is 5.90. The number of sulfone groups is 1. The minimum atomic E-state index is -3.53. The fourth-order valence-corrected chi connectivity index (χ4v) is 5.35. The molecule has 0 spiro atoms. The molecule has 0 aliphatic heterocycles. The van der Waals surface area contributed by atoms with E-state index in [9.17, 15) is 23.4 Å². The maximum absolute atomic E-state index is 13.3. The number of aromatic nitrogens is 2. The number of anilines is 2. The lowest BCUT2D eigenvalue weighted by atomic mass is 9.99. The van der Waals surface area contributed by atoms with Crippen LogP contribution in [0.3, 0.4) is 0 Å². The van der Waals surface area contributed by atoms with Crippen LogP contribution < -0.4 is 4.90 Å². The molecular formula is C23H30ClN3O5S. The first kappa shape index (κ1) is 25.6. The number of aliphatic hydroxyl groups is 2. The fraction of sp³-hybridized carbons (Fsp3) is 0.522. The SMILES string of the molecule is CC(C)(O)[C@H](O)c1cnc(N(C(=O)CCC2CCCC2)c2ccc(S(C)(=O)=O)c(Cl)c2)cn1. The molecule has 2 aromatic rings. The van der Waals surface area contributed by atoms with Crippen LogP contribution in [0.2, 0.25) is 5.02 Å². The van der Waals surface area contributed by atoms with E-state index < -0.39 is 21.5 Å². The van der Waals surface area contributed by atoms with E-state index in [1.807, 2.05) is 0 Å². The molecule has 0 radical (unpaired) electrons. The highest BCUT2D eigenvalue weighted by Gasteiger charge is 2.29. The van der Waals surface area contributed by atoms with Crippen LogP contribution in [0.5, 0.6) is 0 Å². The lowest BCUT2D eigenvalue weighted by Gasteiger charge is -2.25. The second-order valence-corrected chi connectivity index (χ2v) is 11.6. The Labute approximate surface area is 199 Å². The Morgan fingerprint density at radius 2 is 1.91 bits per heavy atom. The monoisotopic (exact) mass is 495 g/mol. The number of rotatable bonds is 8. The van der Waals surface area contributed by atoms with Gasteiger partial charge in [0, 0.05) is 12.7 Å². The van der Waals surface area contributed by atoms with Crippen LogP contribution in [0.4, 0.5) is 11.5 Å². The summed E-state index contributed by atoms with van der Waals surface area (Å²) in [7, 11) is -3.53. The first-order valence-corrected chi connectivity index (χ1v) is 13.2. The second-order valence-electron chi connectivity index (χ2n) is 9.16. The largest absolute Gasteiger partial charge is 0.387 e. The van der Waals surface area contributed by atoms with E-state index in [-0.39, 0.29) is 27.3 Å². The molecule has 1 amide bonds. The zero-order valence-electron chi connectivity index (χ0n) is 19.0. The van der Waals surface area contributed by atoms with Crippen LogP contribution in [0.1, 0.15) is 64.2 Å². The molecule has 1 atom stereocenters. The quantitative estimate of drug-likeness (QED) is 0.568. The summed E-state index contributed by atoms with van der Waals surface area (Å²) in [5, 5.41) is 20.3. The molecule has 10 heteroatoms. The normalized spacial score (nSPS) is 16.1. The third-order valence-corrected chi connectivity index (χ3v) is 7.48. The highest BCUT2D eigenvalue weighted by molar-refractivity contribution is 7.90. The van der Waals surface area contributed by atoms with Crippen LogP contribution in [0.15, 0.2) is 35.5 Å². The maximum Gasteiger partial charge on any atom is 0.232 e. The Kier molecular flexibility index (Phi) is 7.78. The number of hydrogen-bond donors (Lipinski definition) is 2. The van der Waals surface area contributed by atoms with Crippen molar-refractivity contribution in [2.45, 2.75) is 69.0 Å². The van der Waals surface area contributed by atoms with E-state index in [0.29, 0.717) is 18.0 Å². The Balaban J connectivity index is 1.95. The molecule has 1 aliphatic carbocycles. The topological polar surface area (TPSA) is 121 Å². The van der Waals surface area contributed by atoms with Gasteiger partial charge in [-0.1, -0.05) is 37.3 Å². The van der Waals surface area contributed by atoms with Crippen molar-refractivity contribution in [2.75, 3.05) is 11.2 Å². The predicted octanol–water partition coefficient (Wildman–Crippen LogP) is 3.97. The highest BCUT2D eigenvalue weighted by atomic mass is 35.5. The Hall–Kier alpha value is -2.07. The molecule has 2 N–H and O–H groups in total. The standard InChI is InChI=1S/C23H30ClN3O5S/c1-23(2,30)22(29)18-13-26-20(14-25-18)27(21(28)11-8-15-6-4-5-7-15)16-9-10-19(17(24)12-16)33(3,31)32/h9-10,12-15,22,29-30H,4-8,11H2,1-3H3/t22-/m1/s1. The molecular weight excluding hydrogens is 466 g/mol. The van der Waals surface area contributed by atoms with Crippen molar-refractivity contribution in [3.8, 4) is 0 Å². The van der Waals surface area contributed by atoms with Gasteiger partial charge in [0.25, 0.3) is 0 Å². The number of aliphatic hydroxyl groups excluding tert-OH is 1. The lowest BCUT2D eigenvalue weighted by molar-refractivity contribution is -0.118. The van der Waals surface area contributed by atoms with Crippen molar-refractivity contribution in [1.29, 1.82) is 0 Å². The van der Waals surface area contributed by atoms with Crippen molar-refractivity contribution in [2.24, 2.45) is 5.92 Å². The van der Waals surface area contributed by atoms with Crippen molar-refractivity contribution in [3.05, 3.63) is 41.3 Å². The summed E-state index contributed by atoms with van der Waals surface area (Å²) in [5.41, 5.74) is -0.883. The number of carbonyl (C=O) groups is 1. The predicted molar refractivity (Wildman–Crippen MR) is 126 cm³/mol. The van der Waals surface area contributed by atoms with Crippen molar-refractivity contribution < 1.29 is 23.4 Å². The van der Waals surface area contributed by atoms with Gasteiger partial charge in [-0.15, -0.1) is 0 Å². The molecule has 1 aliphatic rings. The van der Waals surface area contributed by atoms with Crippen LogP contribution >= 0.6 is 11.6 Å². The maximum atomic E-state index is 13.3. The second kappa shape index (κ2) is 10.0. The summed E-state index contributed by atoms with van der Waals surface area (Å²) < 4.78 is 23.9. The summed E-state index contributed by atoms with van der Waals surface area (Å²) in [5.74, 6) is 0.513. The molecule has 180 valence electrons. The number of benzene rings is 1. The van der Waals surface area contributed by atoms with Crippen molar-refractivity contribution in [1.82, 2.24) is 9.97 Å². The zero-order chi connectivity index (χ0) is 24.4. The van der Waals surface area contributed by atoms with Gasteiger partial charge in [0.15, 0.2) is 15.7 Å². The van der Waals surface area contributed by atoms with Gasteiger partial charge in [0.1, 0.15) is 6.10 Å². The molecule has 0 unspecified atom stereocenters. The molecule has 1 aromatic heterocycles. The molecule has 1 saturated carbocycles. The molecule has 0 bridgehead atoms. The summed E-state index contributed by atoms with van der Waals surface area (Å²) >= 11 is 6.23. The van der Waals surface area contributed by atoms with Crippen LogP contribution in [0.25, 0.3) is 0 Å². The molecule has 1 fully saturated rings. The van der Waals surface area contributed by atoms with Crippen LogP contribution in [-0.2, 0) is 14.6 Å². The number of halogens is 1. The molecule has 1 heterocycles. The van der Waals surface area contributed by atoms with Gasteiger partial charge in [-0.3, -0.25) is 14.7 Å². The molecule has 3 rings (SSSR count). The van der Waals surface area contributed by atoms with E-state index in [2.05, 4.69) is 9.97 Å². The summed E-state index contributed by atoms with van der Waals surface area (Å²) in [6.07, 6.45) is 8.11. The zero-order valence-corrected chi connectivity index (χ0v) is 20.6. The summed E-state index contributed by atoms with van der Waals surface area (Å²) in [4.78, 5) is 23.1. The van der Waals surface area contributed by atoms with Gasteiger partial charge in [0.05, 0.1) is 39.3 Å². The molecule has 8 nitrogen and oxygen atoms in total. The highest BCUT2D eigenvalue weighted by Crippen LogP contribution is 2.33. The van der Waals surface area contributed by atoms with Crippen LogP contribution in [0, 0.1) is 5.92 Å². The first-order valence-electron chi connectivity index (χ1n) is 10.9. The molecule has 0 saturated heterocycles. The van der Waals surface area contributed by atoms with E-state index in [0.717, 1.165) is 25.5 Å². The van der Waals surface area contributed by atoms with Crippen LogP contribution in [-0.4, -0.2) is 46.4 Å². The number of carbonyl (C=O) groups excluding carboxylic acids is 1. The Morgan fingerprint density at radius 3 is 2.42 bits per heavy atom. The van der Waals surface area contributed by atoms with Gasteiger partial charge in [-0.05, 0) is 44.4 Å². The minimum absolute atomic E-state index is 0.00521. The van der Waals surface area contributed by atoms with Gasteiger partial charge in [0.2, 0.25) is 5.91 Å². The van der Waals surface area contributed by atoms with E-state index in [1.54, 1.807) is 0 Å². The number of amides is 1.